The molecule has 0 spiro atoms. The molecule has 0 saturated heterocycles. The topological polar surface area (TPSA) is 42.6 Å². The molecule has 0 aromatic carbocycles. The molecular weight excluding hydrogens is 284 g/mol. The van der Waals surface area contributed by atoms with E-state index in [1.165, 1.54) is 0 Å². The summed E-state index contributed by atoms with van der Waals surface area (Å²) in [6.07, 6.45) is 4.80. The summed E-state index contributed by atoms with van der Waals surface area (Å²) in [7, 11) is 1.68. The fourth-order valence-electron chi connectivity index (χ4n) is 2.58. The number of hydrogen-bond acceptors (Lipinski definition) is 3. The highest BCUT2D eigenvalue weighted by molar-refractivity contribution is 9.10. The summed E-state index contributed by atoms with van der Waals surface area (Å²) < 4.78 is 11.8. The first kappa shape index (κ1) is 13.1. The third-order valence-corrected chi connectivity index (χ3v) is 4.57. The van der Waals surface area contributed by atoms with Gasteiger partial charge in [0, 0.05) is 7.11 Å². The first-order chi connectivity index (χ1) is 8.09. The number of furan rings is 1. The predicted octanol–water partition coefficient (Wildman–Crippen LogP) is 3.67. The molecule has 1 aromatic heterocycles. The maximum atomic E-state index is 10.5. The first-order valence-corrected chi connectivity index (χ1v) is 6.84. The Labute approximate surface area is 110 Å². The van der Waals surface area contributed by atoms with Gasteiger partial charge in [-0.1, -0.05) is 6.92 Å². The van der Waals surface area contributed by atoms with Gasteiger partial charge < -0.3 is 14.3 Å². The number of hydrogen-bond donors (Lipinski definition) is 1. The molecule has 0 bridgehead atoms. The zero-order chi connectivity index (χ0) is 12.5. The van der Waals surface area contributed by atoms with Crippen molar-refractivity contribution >= 4 is 15.9 Å². The highest BCUT2D eigenvalue weighted by Gasteiger charge is 2.43. The van der Waals surface area contributed by atoms with E-state index >= 15 is 0 Å². The lowest BCUT2D eigenvalue weighted by Crippen LogP contribution is -2.41. The monoisotopic (exact) mass is 302 g/mol. The van der Waals surface area contributed by atoms with Gasteiger partial charge in [0.1, 0.15) is 17.5 Å². The van der Waals surface area contributed by atoms with Gasteiger partial charge in [0.15, 0.2) is 0 Å². The number of methoxy groups -OCH3 is 1. The van der Waals surface area contributed by atoms with Crippen LogP contribution in [0.4, 0.5) is 0 Å². The van der Waals surface area contributed by atoms with E-state index in [9.17, 15) is 5.11 Å². The second-order valence-corrected chi connectivity index (χ2v) is 5.84. The van der Waals surface area contributed by atoms with Crippen molar-refractivity contribution in [3.05, 3.63) is 22.6 Å². The summed E-state index contributed by atoms with van der Waals surface area (Å²) in [6, 6.07) is 1.80. The van der Waals surface area contributed by atoms with Crippen molar-refractivity contribution in [2.45, 2.75) is 44.3 Å². The Morgan fingerprint density at radius 1 is 1.53 bits per heavy atom. The number of rotatable bonds is 3. The van der Waals surface area contributed by atoms with E-state index in [0.29, 0.717) is 11.7 Å². The molecule has 1 aliphatic rings. The van der Waals surface area contributed by atoms with Crippen LogP contribution in [-0.2, 0) is 4.74 Å². The quantitative estimate of drug-likeness (QED) is 0.926. The minimum Gasteiger partial charge on any atom is -0.465 e. The maximum absolute atomic E-state index is 10.5. The predicted molar refractivity (Wildman–Crippen MR) is 68.7 cm³/mol. The number of aliphatic hydroxyl groups excluding tert-OH is 1. The van der Waals surface area contributed by atoms with Crippen molar-refractivity contribution in [1.82, 2.24) is 0 Å². The molecule has 1 fully saturated rings. The molecule has 96 valence electrons. The molecule has 1 aliphatic carbocycles. The van der Waals surface area contributed by atoms with Crippen LogP contribution in [0.15, 0.2) is 21.2 Å². The second-order valence-electron chi connectivity index (χ2n) is 4.99. The van der Waals surface area contributed by atoms with Crippen molar-refractivity contribution in [3.63, 3.8) is 0 Å². The standard InChI is InChI=1S/C13H19BrO3/c1-9-3-6-13(16-2,7-4-9)12(15)11-10(14)5-8-17-11/h5,8-9,12,15H,3-4,6-7H2,1-2H3. The molecule has 3 nitrogen and oxygen atoms in total. The van der Waals surface area contributed by atoms with Crippen LogP contribution in [0.2, 0.25) is 0 Å². The summed E-state index contributed by atoms with van der Waals surface area (Å²) in [4.78, 5) is 0. The van der Waals surface area contributed by atoms with Crippen LogP contribution >= 0.6 is 15.9 Å². The van der Waals surface area contributed by atoms with E-state index in [0.717, 1.165) is 30.2 Å². The summed E-state index contributed by atoms with van der Waals surface area (Å²) in [5.41, 5.74) is -0.493. The van der Waals surface area contributed by atoms with Crippen LogP contribution in [0.25, 0.3) is 0 Å². The molecule has 4 heteroatoms. The zero-order valence-corrected chi connectivity index (χ0v) is 11.9. The maximum Gasteiger partial charge on any atom is 0.149 e. The van der Waals surface area contributed by atoms with Gasteiger partial charge in [0.2, 0.25) is 0 Å². The molecule has 1 aromatic rings. The van der Waals surface area contributed by atoms with E-state index in [1.54, 1.807) is 19.4 Å². The molecule has 1 saturated carbocycles. The van der Waals surface area contributed by atoms with Crippen LogP contribution < -0.4 is 0 Å². The Bertz CT molecular complexity index is 366. The molecule has 1 heterocycles. The largest absolute Gasteiger partial charge is 0.465 e. The van der Waals surface area contributed by atoms with Gasteiger partial charge in [0.25, 0.3) is 0 Å². The zero-order valence-electron chi connectivity index (χ0n) is 10.3. The number of halogens is 1. The van der Waals surface area contributed by atoms with Crippen LogP contribution in [0.1, 0.15) is 44.5 Å². The van der Waals surface area contributed by atoms with Crippen molar-refractivity contribution in [3.8, 4) is 0 Å². The molecule has 17 heavy (non-hydrogen) atoms. The Morgan fingerprint density at radius 3 is 2.65 bits per heavy atom. The summed E-state index contributed by atoms with van der Waals surface area (Å²) in [5.74, 6) is 1.28. The van der Waals surface area contributed by atoms with Gasteiger partial charge in [-0.15, -0.1) is 0 Å². The lowest BCUT2D eigenvalue weighted by molar-refractivity contribution is -0.136. The smallest absolute Gasteiger partial charge is 0.149 e. The van der Waals surface area contributed by atoms with Gasteiger partial charge in [-0.05, 0) is 53.6 Å². The second kappa shape index (κ2) is 5.12. The summed E-state index contributed by atoms with van der Waals surface area (Å²) in [6.45, 7) is 2.24. The third kappa shape index (κ3) is 2.44. The summed E-state index contributed by atoms with van der Waals surface area (Å²) >= 11 is 3.39. The van der Waals surface area contributed by atoms with Crippen LogP contribution in [-0.4, -0.2) is 17.8 Å². The van der Waals surface area contributed by atoms with E-state index in [4.69, 9.17) is 9.15 Å². The van der Waals surface area contributed by atoms with Gasteiger partial charge in [-0.2, -0.15) is 0 Å². The van der Waals surface area contributed by atoms with Crippen molar-refractivity contribution in [1.29, 1.82) is 0 Å². The Morgan fingerprint density at radius 2 is 2.18 bits per heavy atom. The Balaban J connectivity index is 2.21. The van der Waals surface area contributed by atoms with Crippen molar-refractivity contribution in [2.75, 3.05) is 7.11 Å². The molecule has 0 aliphatic heterocycles. The minimum absolute atomic E-state index is 0.493. The van der Waals surface area contributed by atoms with E-state index in [1.807, 2.05) is 0 Å². The number of aliphatic hydroxyl groups is 1. The van der Waals surface area contributed by atoms with Crippen LogP contribution in [0, 0.1) is 5.92 Å². The van der Waals surface area contributed by atoms with E-state index < -0.39 is 11.7 Å². The SMILES string of the molecule is COC1(C(O)c2occc2Br)CCC(C)CC1. The van der Waals surface area contributed by atoms with Gasteiger partial charge in [-0.3, -0.25) is 0 Å². The fourth-order valence-corrected chi connectivity index (χ4v) is 3.00. The highest BCUT2D eigenvalue weighted by Crippen LogP contribution is 2.44. The molecule has 1 atom stereocenters. The lowest BCUT2D eigenvalue weighted by atomic mass is 9.76. The number of ether oxygens (including phenoxy) is 1. The summed E-state index contributed by atoms with van der Waals surface area (Å²) in [5, 5.41) is 10.5. The van der Waals surface area contributed by atoms with E-state index in [-0.39, 0.29) is 0 Å². The van der Waals surface area contributed by atoms with Gasteiger partial charge >= 0.3 is 0 Å². The van der Waals surface area contributed by atoms with Crippen molar-refractivity contribution in [2.24, 2.45) is 5.92 Å². The normalized spacial score (nSPS) is 31.4. The molecule has 1 unspecified atom stereocenters. The molecule has 2 rings (SSSR count). The van der Waals surface area contributed by atoms with Gasteiger partial charge in [0.05, 0.1) is 10.7 Å². The Kier molecular flexibility index (Phi) is 3.95. The Hall–Kier alpha value is -0.320. The van der Waals surface area contributed by atoms with Crippen LogP contribution in [0.5, 0.6) is 0 Å². The van der Waals surface area contributed by atoms with Crippen molar-refractivity contribution < 1.29 is 14.3 Å². The molecule has 0 radical (unpaired) electrons. The fraction of sp³-hybridized carbons (Fsp3) is 0.692. The van der Waals surface area contributed by atoms with Crippen LogP contribution in [0.3, 0.4) is 0 Å². The molecule has 0 amide bonds. The van der Waals surface area contributed by atoms with Gasteiger partial charge in [-0.25, -0.2) is 0 Å². The molecular formula is C13H19BrO3. The lowest BCUT2D eigenvalue weighted by Gasteiger charge is -2.41. The molecule has 1 N–H and O–H groups in total. The average molecular weight is 303 g/mol. The first-order valence-electron chi connectivity index (χ1n) is 6.05. The third-order valence-electron chi connectivity index (χ3n) is 3.92. The average Bonchev–Trinajstić information content (AvgIpc) is 2.76. The van der Waals surface area contributed by atoms with E-state index in [2.05, 4.69) is 22.9 Å². The highest BCUT2D eigenvalue weighted by atomic mass is 79.9. The minimum atomic E-state index is -0.704.